The quantitative estimate of drug-likeness (QED) is 0.652. The molecular formula is C10H15Br. The minimum Gasteiger partial charge on any atom is -0.0799 e. The molecule has 62 valence electrons. The van der Waals surface area contributed by atoms with Crippen LogP contribution in [0.15, 0.2) is 22.2 Å². The van der Waals surface area contributed by atoms with E-state index in [1.54, 1.807) is 0 Å². The summed E-state index contributed by atoms with van der Waals surface area (Å²) in [5, 5.41) is 0. The van der Waals surface area contributed by atoms with E-state index in [1.165, 1.54) is 29.3 Å². The van der Waals surface area contributed by atoms with Gasteiger partial charge in [-0.3, -0.25) is 0 Å². The summed E-state index contributed by atoms with van der Waals surface area (Å²) in [7, 11) is 0. The summed E-state index contributed by atoms with van der Waals surface area (Å²) in [6, 6.07) is 0. The average Bonchev–Trinajstić information content (AvgIpc) is 1.93. The van der Waals surface area contributed by atoms with E-state index in [0.29, 0.717) is 0 Å². The van der Waals surface area contributed by atoms with Crippen molar-refractivity contribution >= 4 is 15.9 Å². The topological polar surface area (TPSA) is 0 Å². The van der Waals surface area contributed by atoms with Crippen LogP contribution in [0.25, 0.3) is 0 Å². The van der Waals surface area contributed by atoms with Gasteiger partial charge in [0.05, 0.1) is 0 Å². The smallest absolute Gasteiger partial charge is 0.0164 e. The first kappa shape index (κ1) is 9.05. The maximum atomic E-state index is 3.58. The minimum atomic E-state index is 0.764. The molecule has 11 heavy (non-hydrogen) atoms. The molecule has 0 atom stereocenters. The van der Waals surface area contributed by atoms with Gasteiger partial charge in [-0.25, -0.2) is 0 Å². The molecule has 0 aliphatic heterocycles. The molecule has 0 bridgehead atoms. The van der Waals surface area contributed by atoms with Crippen LogP contribution in [0.4, 0.5) is 0 Å². The molecule has 0 amide bonds. The number of halogens is 1. The molecule has 0 heterocycles. The molecule has 0 radical (unpaired) electrons. The highest BCUT2D eigenvalue weighted by atomic mass is 79.9. The molecule has 1 heteroatoms. The zero-order valence-electron chi connectivity index (χ0n) is 7.23. The van der Waals surface area contributed by atoms with Crippen LogP contribution in [0.5, 0.6) is 0 Å². The number of hydrogen-bond donors (Lipinski definition) is 0. The van der Waals surface area contributed by atoms with Gasteiger partial charge in [-0.2, -0.15) is 0 Å². The van der Waals surface area contributed by atoms with Gasteiger partial charge in [0.2, 0.25) is 0 Å². The van der Waals surface area contributed by atoms with E-state index in [-0.39, 0.29) is 0 Å². The third-order valence-corrected chi connectivity index (χ3v) is 2.65. The maximum Gasteiger partial charge on any atom is 0.0164 e. The van der Waals surface area contributed by atoms with Crippen LogP contribution in [0, 0.1) is 5.92 Å². The second kappa shape index (κ2) is 4.10. The predicted octanol–water partition coefficient (Wildman–Crippen LogP) is 4.03. The van der Waals surface area contributed by atoms with Crippen LogP contribution in [0.1, 0.15) is 33.1 Å². The normalized spacial score (nSPS) is 18.2. The lowest BCUT2D eigenvalue weighted by Gasteiger charge is -2.12. The Morgan fingerprint density at radius 2 is 2.00 bits per heavy atom. The van der Waals surface area contributed by atoms with Crippen molar-refractivity contribution in [1.29, 1.82) is 0 Å². The molecule has 0 nitrogen and oxygen atoms in total. The Hall–Kier alpha value is -0.0400. The van der Waals surface area contributed by atoms with E-state index in [0.717, 1.165) is 5.92 Å². The van der Waals surface area contributed by atoms with Crippen molar-refractivity contribution in [1.82, 2.24) is 0 Å². The summed E-state index contributed by atoms with van der Waals surface area (Å²) >= 11 is 3.58. The van der Waals surface area contributed by atoms with Crippen molar-refractivity contribution in [3.8, 4) is 0 Å². The summed E-state index contributed by atoms with van der Waals surface area (Å²) < 4.78 is 1.32. The lowest BCUT2D eigenvalue weighted by molar-refractivity contribution is 0.645. The van der Waals surface area contributed by atoms with E-state index in [2.05, 4.69) is 41.9 Å². The van der Waals surface area contributed by atoms with Gasteiger partial charge in [0.15, 0.2) is 0 Å². The number of rotatable bonds is 2. The van der Waals surface area contributed by atoms with E-state index in [9.17, 15) is 0 Å². The molecule has 0 saturated heterocycles. The molecule has 0 fully saturated rings. The first-order valence-corrected chi connectivity index (χ1v) is 5.04. The molecule has 1 aliphatic carbocycles. The third kappa shape index (κ3) is 2.82. The van der Waals surface area contributed by atoms with Crippen LogP contribution in [-0.2, 0) is 0 Å². The highest BCUT2D eigenvalue weighted by molar-refractivity contribution is 9.12. The SMILES string of the molecule is CC(C)CC1=CCCC=C1Br. The molecular weight excluding hydrogens is 200 g/mol. The van der Waals surface area contributed by atoms with Gasteiger partial charge >= 0.3 is 0 Å². The number of hydrogen-bond acceptors (Lipinski definition) is 0. The summed E-state index contributed by atoms with van der Waals surface area (Å²) in [5.74, 6) is 0.764. The summed E-state index contributed by atoms with van der Waals surface area (Å²) in [6.07, 6.45) is 8.25. The van der Waals surface area contributed by atoms with Gasteiger partial charge in [-0.1, -0.05) is 41.9 Å². The molecule has 1 aliphatic rings. The van der Waals surface area contributed by atoms with Crippen molar-refractivity contribution in [2.45, 2.75) is 33.1 Å². The van der Waals surface area contributed by atoms with Gasteiger partial charge in [-0.05, 0) is 30.8 Å². The van der Waals surface area contributed by atoms with Crippen LogP contribution in [0.2, 0.25) is 0 Å². The lowest BCUT2D eigenvalue weighted by atomic mass is 9.98. The highest BCUT2D eigenvalue weighted by Gasteiger charge is 2.06. The molecule has 0 unspecified atom stereocenters. The van der Waals surface area contributed by atoms with Crippen molar-refractivity contribution < 1.29 is 0 Å². The molecule has 0 spiro atoms. The first-order valence-electron chi connectivity index (χ1n) is 4.25. The van der Waals surface area contributed by atoms with Crippen LogP contribution in [-0.4, -0.2) is 0 Å². The molecule has 0 aromatic heterocycles. The molecule has 0 N–H and O–H groups in total. The van der Waals surface area contributed by atoms with Crippen LogP contribution in [0.3, 0.4) is 0 Å². The van der Waals surface area contributed by atoms with E-state index < -0.39 is 0 Å². The average molecular weight is 215 g/mol. The van der Waals surface area contributed by atoms with Gasteiger partial charge in [0.1, 0.15) is 0 Å². The Morgan fingerprint density at radius 1 is 1.36 bits per heavy atom. The monoisotopic (exact) mass is 214 g/mol. The van der Waals surface area contributed by atoms with Gasteiger partial charge in [-0.15, -0.1) is 0 Å². The third-order valence-electron chi connectivity index (χ3n) is 1.82. The molecule has 0 aromatic carbocycles. The Kier molecular flexibility index (Phi) is 3.38. The summed E-state index contributed by atoms with van der Waals surface area (Å²) in [5.41, 5.74) is 1.49. The fraction of sp³-hybridized carbons (Fsp3) is 0.600. The highest BCUT2D eigenvalue weighted by Crippen LogP contribution is 2.28. The van der Waals surface area contributed by atoms with Crippen molar-refractivity contribution in [3.63, 3.8) is 0 Å². The van der Waals surface area contributed by atoms with Crippen molar-refractivity contribution in [3.05, 3.63) is 22.2 Å². The van der Waals surface area contributed by atoms with Crippen LogP contribution >= 0.6 is 15.9 Å². The standard InChI is InChI=1S/C10H15Br/c1-8(2)7-9-5-3-4-6-10(9)11/h5-6,8H,3-4,7H2,1-2H3. The lowest BCUT2D eigenvalue weighted by Crippen LogP contribution is -1.95. The van der Waals surface area contributed by atoms with E-state index in [4.69, 9.17) is 0 Å². The molecule has 0 saturated carbocycles. The van der Waals surface area contributed by atoms with Crippen molar-refractivity contribution in [2.24, 2.45) is 5.92 Å². The largest absolute Gasteiger partial charge is 0.0799 e. The van der Waals surface area contributed by atoms with Gasteiger partial charge in [0.25, 0.3) is 0 Å². The van der Waals surface area contributed by atoms with Crippen molar-refractivity contribution in [2.75, 3.05) is 0 Å². The molecule has 1 rings (SSSR count). The first-order chi connectivity index (χ1) is 5.20. The fourth-order valence-corrected chi connectivity index (χ4v) is 1.87. The maximum absolute atomic E-state index is 3.58. The molecule has 0 aromatic rings. The van der Waals surface area contributed by atoms with Gasteiger partial charge < -0.3 is 0 Å². The predicted molar refractivity (Wildman–Crippen MR) is 53.8 cm³/mol. The fourth-order valence-electron chi connectivity index (χ4n) is 1.32. The zero-order valence-corrected chi connectivity index (χ0v) is 8.82. The summed E-state index contributed by atoms with van der Waals surface area (Å²) in [4.78, 5) is 0. The van der Waals surface area contributed by atoms with E-state index in [1.807, 2.05) is 0 Å². The minimum absolute atomic E-state index is 0.764. The van der Waals surface area contributed by atoms with Gasteiger partial charge in [0, 0.05) is 4.48 Å². The second-order valence-electron chi connectivity index (χ2n) is 3.46. The Bertz CT molecular complexity index is 187. The second-order valence-corrected chi connectivity index (χ2v) is 4.31. The zero-order chi connectivity index (χ0) is 8.27. The van der Waals surface area contributed by atoms with Crippen LogP contribution < -0.4 is 0 Å². The Labute approximate surface area is 77.5 Å². The number of allylic oxidation sites excluding steroid dienone is 4. The van der Waals surface area contributed by atoms with E-state index >= 15 is 0 Å². The summed E-state index contributed by atoms with van der Waals surface area (Å²) in [6.45, 7) is 4.52. The Morgan fingerprint density at radius 3 is 2.55 bits per heavy atom. The Balaban J connectivity index is 2.56.